The highest BCUT2D eigenvalue weighted by atomic mass is 31.2. The number of rotatable bonds is 4. The minimum atomic E-state index is -5.57. The molecule has 80 valence electrons. The van der Waals surface area contributed by atoms with Crippen molar-refractivity contribution < 1.29 is 31.4 Å². The molecule has 0 aromatic rings. The Morgan fingerprint density at radius 2 is 2.00 bits per heavy atom. The third kappa shape index (κ3) is 6.01. The van der Waals surface area contributed by atoms with Crippen LogP contribution in [0.2, 0.25) is 0 Å². The van der Waals surface area contributed by atoms with Crippen molar-refractivity contribution in [1.82, 2.24) is 0 Å². The largest absolute Gasteiger partial charge is 0.511 e. The highest BCUT2D eigenvalue weighted by molar-refractivity contribution is 7.46. The molecule has 0 saturated heterocycles. The SMILES string of the molecule is CCCC(OP(=O)(O)F)C(F)(F)F. The van der Waals surface area contributed by atoms with Gasteiger partial charge in [-0.25, -0.2) is 4.57 Å². The lowest BCUT2D eigenvalue weighted by atomic mass is 10.2. The van der Waals surface area contributed by atoms with Gasteiger partial charge in [-0.2, -0.15) is 13.2 Å². The molecule has 0 spiro atoms. The van der Waals surface area contributed by atoms with Crippen molar-refractivity contribution >= 4 is 7.91 Å². The summed E-state index contributed by atoms with van der Waals surface area (Å²) in [6, 6.07) is 0. The molecule has 0 heterocycles. The highest BCUT2D eigenvalue weighted by Crippen LogP contribution is 2.48. The maximum absolute atomic E-state index is 11.9. The number of hydrogen-bond acceptors (Lipinski definition) is 2. The first-order valence-corrected chi connectivity index (χ1v) is 4.91. The van der Waals surface area contributed by atoms with Gasteiger partial charge in [0.25, 0.3) is 0 Å². The molecular formula is C5H9F4O3P. The van der Waals surface area contributed by atoms with Crippen LogP contribution in [0.15, 0.2) is 0 Å². The average molecular weight is 224 g/mol. The van der Waals surface area contributed by atoms with Crippen LogP contribution in [0.1, 0.15) is 19.8 Å². The van der Waals surface area contributed by atoms with E-state index in [9.17, 15) is 21.9 Å². The van der Waals surface area contributed by atoms with Gasteiger partial charge in [0.1, 0.15) is 0 Å². The summed E-state index contributed by atoms with van der Waals surface area (Å²) in [7, 11) is -5.57. The molecule has 0 aromatic carbocycles. The zero-order valence-corrected chi connectivity index (χ0v) is 7.61. The predicted octanol–water partition coefficient (Wildman–Crippen LogP) is 2.80. The fraction of sp³-hybridized carbons (Fsp3) is 1.00. The maximum Gasteiger partial charge on any atom is 0.511 e. The number of halogens is 4. The van der Waals surface area contributed by atoms with Crippen molar-refractivity contribution in [3.63, 3.8) is 0 Å². The van der Waals surface area contributed by atoms with Gasteiger partial charge < -0.3 is 0 Å². The van der Waals surface area contributed by atoms with E-state index in [1.807, 2.05) is 0 Å². The van der Waals surface area contributed by atoms with E-state index in [1.54, 1.807) is 0 Å². The van der Waals surface area contributed by atoms with Crippen molar-refractivity contribution in [2.75, 3.05) is 0 Å². The summed E-state index contributed by atoms with van der Waals surface area (Å²) in [5.41, 5.74) is 0. The normalized spacial score (nSPS) is 19.5. The van der Waals surface area contributed by atoms with Crippen LogP contribution in [0.3, 0.4) is 0 Å². The first-order valence-electron chi connectivity index (χ1n) is 3.44. The van der Waals surface area contributed by atoms with Crippen molar-refractivity contribution in [3.8, 4) is 0 Å². The molecule has 0 aliphatic rings. The van der Waals surface area contributed by atoms with E-state index in [-0.39, 0.29) is 6.42 Å². The van der Waals surface area contributed by atoms with Crippen LogP contribution < -0.4 is 0 Å². The summed E-state index contributed by atoms with van der Waals surface area (Å²) < 4.78 is 60.9. The van der Waals surface area contributed by atoms with Gasteiger partial charge in [-0.1, -0.05) is 13.3 Å². The minimum absolute atomic E-state index is 0.0736. The summed E-state index contributed by atoms with van der Waals surface area (Å²) in [6.45, 7) is 1.42. The third-order valence-corrected chi connectivity index (χ3v) is 1.69. The molecule has 2 unspecified atom stereocenters. The maximum atomic E-state index is 11.9. The lowest BCUT2D eigenvalue weighted by molar-refractivity contribution is -0.199. The first-order chi connectivity index (χ1) is 5.67. The van der Waals surface area contributed by atoms with Crippen LogP contribution in [0, 0.1) is 0 Å². The Hall–Kier alpha value is -0.130. The van der Waals surface area contributed by atoms with E-state index >= 15 is 0 Å². The first kappa shape index (κ1) is 12.9. The zero-order valence-electron chi connectivity index (χ0n) is 6.71. The Balaban J connectivity index is 4.36. The monoisotopic (exact) mass is 224 g/mol. The second-order valence-electron chi connectivity index (χ2n) is 2.38. The van der Waals surface area contributed by atoms with E-state index in [1.165, 1.54) is 6.92 Å². The molecule has 0 aliphatic heterocycles. The van der Waals surface area contributed by atoms with E-state index in [2.05, 4.69) is 4.52 Å². The standard InChI is InChI=1S/C5H9F4O3P/c1-2-3-4(5(6,7)8)12-13(9,10)11/h4H,2-3H2,1H3,(H,10,11). The van der Waals surface area contributed by atoms with E-state index in [0.29, 0.717) is 0 Å². The average Bonchev–Trinajstić information content (AvgIpc) is 1.81. The van der Waals surface area contributed by atoms with Crippen molar-refractivity contribution in [2.24, 2.45) is 0 Å². The van der Waals surface area contributed by atoms with Crippen molar-refractivity contribution in [1.29, 1.82) is 0 Å². The lowest BCUT2D eigenvalue weighted by Crippen LogP contribution is -2.30. The van der Waals surface area contributed by atoms with Crippen LogP contribution in [0.5, 0.6) is 0 Å². The van der Waals surface area contributed by atoms with Gasteiger partial charge >= 0.3 is 14.1 Å². The summed E-state index contributed by atoms with van der Waals surface area (Å²) in [6.07, 6.45) is -7.80. The molecule has 8 heteroatoms. The van der Waals surface area contributed by atoms with Crippen LogP contribution in [-0.2, 0) is 9.09 Å². The summed E-state index contributed by atoms with van der Waals surface area (Å²) in [4.78, 5) is 7.94. The van der Waals surface area contributed by atoms with Gasteiger partial charge in [-0.05, 0) is 6.42 Å². The van der Waals surface area contributed by atoms with Crippen LogP contribution in [-0.4, -0.2) is 17.2 Å². The Morgan fingerprint density at radius 3 is 2.23 bits per heavy atom. The third-order valence-electron chi connectivity index (χ3n) is 1.17. The van der Waals surface area contributed by atoms with Gasteiger partial charge in [-0.15, -0.1) is 4.20 Å². The molecule has 2 atom stereocenters. The quantitative estimate of drug-likeness (QED) is 0.589. The van der Waals surface area contributed by atoms with Crippen LogP contribution in [0.4, 0.5) is 17.4 Å². The van der Waals surface area contributed by atoms with E-state index in [4.69, 9.17) is 4.89 Å². The molecule has 0 aliphatic carbocycles. The Labute approximate surface area is 72.4 Å². The topological polar surface area (TPSA) is 46.5 Å². The Kier molecular flexibility index (Phi) is 4.35. The molecule has 0 fully saturated rings. The fourth-order valence-electron chi connectivity index (χ4n) is 0.695. The Morgan fingerprint density at radius 1 is 1.54 bits per heavy atom. The highest BCUT2D eigenvalue weighted by Gasteiger charge is 2.44. The van der Waals surface area contributed by atoms with E-state index < -0.39 is 26.6 Å². The smallest absolute Gasteiger partial charge is 0.299 e. The number of hydrogen-bond donors (Lipinski definition) is 1. The molecule has 0 radical (unpaired) electrons. The van der Waals surface area contributed by atoms with Gasteiger partial charge in [-0.3, -0.25) is 9.42 Å². The fourth-order valence-corrected chi connectivity index (χ4v) is 1.23. The van der Waals surface area contributed by atoms with Crippen molar-refractivity contribution in [3.05, 3.63) is 0 Å². The molecular weight excluding hydrogens is 215 g/mol. The second-order valence-corrected chi connectivity index (χ2v) is 3.49. The number of alkyl halides is 3. The van der Waals surface area contributed by atoms with Gasteiger partial charge in [0.2, 0.25) is 0 Å². The van der Waals surface area contributed by atoms with Gasteiger partial charge in [0.05, 0.1) is 0 Å². The molecule has 0 rings (SSSR count). The summed E-state index contributed by atoms with van der Waals surface area (Å²) in [5.74, 6) is 0. The van der Waals surface area contributed by atoms with Crippen LogP contribution in [0.25, 0.3) is 0 Å². The Bertz CT molecular complexity index is 198. The van der Waals surface area contributed by atoms with Crippen molar-refractivity contribution in [2.45, 2.75) is 32.0 Å². The van der Waals surface area contributed by atoms with E-state index in [0.717, 1.165) is 0 Å². The van der Waals surface area contributed by atoms with Gasteiger partial charge in [0.15, 0.2) is 6.10 Å². The second kappa shape index (κ2) is 4.39. The molecule has 1 N–H and O–H groups in total. The zero-order chi connectivity index (χ0) is 10.7. The molecule has 13 heavy (non-hydrogen) atoms. The minimum Gasteiger partial charge on any atom is -0.299 e. The predicted molar refractivity (Wildman–Crippen MR) is 36.8 cm³/mol. The molecule has 3 nitrogen and oxygen atoms in total. The molecule has 0 amide bonds. The van der Waals surface area contributed by atoms with Gasteiger partial charge in [0, 0.05) is 0 Å². The molecule has 0 bridgehead atoms. The van der Waals surface area contributed by atoms with Crippen LogP contribution >= 0.6 is 7.91 Å². The summed E-state index contributed by atoms with van der Waals surface area (Å²) >= 11 is 0. The molecule has 0 saturated carbocycles. The summed E-state index contributed by atoms with van der Waals surface area (Å²) in [5, 5.41) is 0. The lowest BCUT2D eigenvalue weighted by Gasteiger charge is -2.19. The molecule has 0 aromatic heterocycles.